The molecule has 1 aliphatic carbocycles. The molecule has 0 radical (unpaired) electrons. The highest BCUT2D eigenvalue weighted by Crippen LogP contribution is 2.63. The maximum atomic E-state index is 15.2. The number of methoxy groups -OCH3 is 2. The molecule has 5 rings (SSSR count). The largest absolute Gasteiger partial charge is 0.497 e. The molecular formula is C36H47ClN2O4Si. The van der Waals surface area contributed by atoms with E-state index in [2.05, 4.69) is 57.7 Å². The molecule has 3 unspecified atom stereocenters. The smallest absolute Gasteiger partial charge is 0.325 e. The lowest BCUT2D eigenvalue weighted by Gasteiger charge is -2.61. The summed E-state index contributed by atoms with van der Waals surface area (Å²) in [5, 5.41) is 0.663. The maximum absolute atomic E-state index is 15.2. The minimum absolute atomic E-state index is 0.0220. The number of carbonyl (C=O) groups is 1. The van der Waals surface area contributed by atoms with Crippen LogP contribution in [-0.4, -0.2) is 41.2 Å². The number of rotatable bonds is 11. The molecule has 44 heavy (non-hydrogen) atoms. The van der Waals surface area contributed by atoms with E-state index < -0.39 is 11.1 Å². The second-order valence-electron chi connectivity index (χ2n) is 13.8. The number of ether oxygens (including phenoxy) is 2. The lowest BCUT2D eigenvalue weighted by Crippen LogP contribution is -2.70. The van der Waals surface area contributed by atoms with Gasteiger partial charge < -0.3 is 18.8 Å². The van der Waals surface area contributed by atoms with Gasteiger partial charge in [-0.2, -0.15) is 0 Å². The fourth-order valence-corrected chi connectivity index (χ4v) is 8.38. The molecule has 2 amide bonds. The Labute approximate surface area is 271 Å². The minimum Gasteiger partial charge on any atom is -0.497 e. The van der Waals surface area contributed by atoms with Crippen LogP contribution < -0.4 is 14.4 Å². The third-order valence-electron chi connectivity index (χ3n) is 9.76. The molecule has 236 valence electrons. The second kappa shape index (κ2) is 12.4. The standard InChI is InChI=1S/C36H47ClN2O4Si/c1-24(21-34(2,3)4)35(5,43-44)36(27-12-13-27)31-20-28(37)14-19-32(31)38(22-25-8-15-29(41-6)16-9-25)33(40)39(36)23-26-10-17-30(42-7)18-11-26/h8-11,14-20,24,27H,12-13,21-23H2,1-7,44H3. The third kappa shape index (κ3) is 5.86. The van der Waals surface area contributed by atoms with Gasteiger partial charge in [-0.1, -0.05) is 63.6 Å². The summed E-state index contributed by atoms with van der Waals surface area (Å²) in [6, 6.07) is 22.0. The normalized spacial score (nSPS) is 20.7. The molecular weight excluding hydrogens is 588 g/mol. The molecule has 3 atom stereocenters. The van der Waals surface area contributed by atoms with Gasteiger partial charge in [0.15, 0.2) is 0 Å². The van der Waals surface area contributed by atoms with Crippen molar-refractivity contribution >= 4 is 33.8 Å². The number of hydrogen-bond acceptors (Lipinski definition) is 4. The Kier molecular flexibility index (Phi) is 9.14. The first-order valence-electron chi connectivity index (χ1n) is 15.6. The highest BCUT2D eigenvalue weighted by molar-refractivity contribution is 6.30. The Morgan fingerprint density at radius 3 is 1.93 bits per heavy atom. The summed E-state index contributed by atoms with van der Waals surface area (Å²) < 4.78 is 17.7. The van der Waals surface area contributed by atoms with Crippen LogP contribution in [0.25, 0.3) is 0 Å². The Bertz CT molecular complexity index is 1470. The van der Waals surface area contributed by atoms with Gasteiger partial charge in [0.25, 0.3) is 0 Å². The Morgan fingerprint density at radius 2 is 1.45 bits per heavy atom. The van der Waals surface area contributed by atoms with Crippen molar-refractivity contribution in [2.45, 2.75) is 78.1 Å². The molecule has 0 aromatic heterocycles. The van der Waals surface area contributed by atoms with Crippen molar-refractivity contribution in [3.63, 3.8) is 0 Å². The molecule has 0 N–H and O–H groups in total. The average Bonchev–Trinajstić information content (AvgIpc) is 3.85. The first-order valence-corrected chi connectivity index (χ1v) is 16.8. The first kappa shape index (κ1) is 32.4. The van der Waals surface area contributed by atoms with Gasteiger partial charge >= 0.3 is 6.03 Å². The van der Waals surface area contributed by atoms with E-state index in [0.717, 1.165) is 53.1 Å². The van der Waals surface area contributed by atoms with Crippen LogP contribution in [0.3, 0.4) is 0 Å². The Morgan fingerprint density at radius 1 is 0.909 bits per heavy atom. The lowest BCUT2D eigenvalue weighted by atomic mass is 9.61. The van der Waals surface area contributed by atoms with Gasteiger partial charge in [-0.3, -0.25) is 4.90 Å². The van der Waals surface area contributed by atoms with Crippen LogP contribution in [0, 0.1) is 17.3 Å². The van der Waals surface area contributed by atoms with E-state index in [0.29, 0.717) is 28.6 Å². The average molecular weight is 635 g/mol. The number of amides is 2. The number of benzene rings is 3. The monoisotopic (exact) mass is 634 g/mol. The SMILES string of the molecule is COc1ccc(CN2C(=O)N(Cc3ccc(OC)cc3)C(C3CC3)(C(C)(O[SiH3])C(C)CC(C)(C)C)c3cc(Cl)ccc32)cc1. The van der Waals surface area contributed by atoms with Gasteiger partial charge in [-0.05, 0) is 97.0 Å². The van der Waals surface area contributed by atoms with Crippen LogP contribution in [0.2, 0.25) is 5.02 Å². The summed E-state index contributed by atoms with van der Waals surface area (Å²) in [4.78, 5) is 19.2. The van der Waals surface area contributed by atoms with Crippen LogP contribution in [-0.2, 0) is 23.1 Å². The van der Waals surface area contributed by atoms with Crippen LogP contribution in [0.15, 0.2) is 66.7 Å². The molecule has 8 heteroatoms. The van der Waals surface area contributed by atoms with Crippen molar-refractivity contribution in [1.82, 2.24) is 4.90 Å². The van der Waals surface area contributed by atoms with Crippen LogP contribution >= 0.6 is 11.6 Å². The summed E-state index contributed by atoms with van der Waals surface area (Å²) in [5.74, 6) is 1.97. The molecule has 1 fully saturated rings. The summed E-state index contributed by atoms with van der Waals surface area (Å²) >= 11 is 6.85. The minimum atomic E-state index is -0.715. The van der Waals surface area contributed by atoms with E-state index in [1.54, 1.807) is 14.2 Å². The Hall–Kier alpha value is -3.00. The van der Waals surface area contributed by atoms with E-state index in [1.165, 1.54) is 0 Å². The molecule has 3 aromatic rings. The van der Waals surface area contributed by atoms with Crippen molar-refractivity contribution in [1.29, 1.82) is 0 Å². The number of anilines is 1. The second-order valence-corrected chi connectivity index (χ2v) is 14.7. The predicted octanol–water partition coefficient (Wildman–Crippen LogP) is 7.73. The first-order chi connectivity index (χ1) is 20.9. The summed E-state index contributed by atoms with van der Waals surface area (Å²) in [7, 11) is 3.87. The zero-order valence-electron chi connectivity index (χ0n) is 27.4. The van der Waals surface area contributed by atoms with Crippen molar-refractivity contribution in [3.05, 3.63) is 88.4 Å². The van der Waals surface area contributed by atoms with Crippen molar-refractivity contribution in [3.8, 4) is 11.5 Å². The molecule has 2 aliphatic rings. The lowest BCUT2D eigenvalue weighted by molar-refractivity contribution is -0.125. The predicted molar refractivity (Wildman–Crippen MR) is 182 cm³/mol. The fourth-order valence-electron chi connectivity index (χ4n) is 7.49. The van der Waals surface area contributed by atoms with Gasteiger partial charge in [0, 0.05) is 17.1 Å². The number of hydrogen-bond donors (Lipinski definition) is 0. The molecule has 6 nitrogen and oxygen atoms in total. The highest BCUT2D eigenvalue weighted by atomic mass is 35.5. The zero-order valence-corrected chi connectivity index (χ0v) is 30.2. The van der Waals surface area contributed by atoms with E-state index in [9.17, 15) is 0 Å². The van der Waals surface area contributed by atoms with Crippen molar-refractivity contribution in [2.75, 3.05) is 19.1 Å². The van der Waals surface area contributed by atoms with E-state index in [4.69, 9.17) is 25.5 Å². The van der Waals surface area contributed by atoms with Gasteiger partial charge in [-0.25, -0.2) is 4.79 Å². The van der Waals surface area contributed by atoms with E-state index >= 15 is 4.79 Å². The molecule has 0 saturated heterocycles. The molecule has 1 saturated carbocycles. The highest BCUT2D eigenvalue weighted by Gasteiger charge is 2.67. The van der Waals surface area contributed by atoms with Gasteiger partial charge in [0.1, 0.15) is 27.5 Å². The topological polar surface area (TPSA) is 51.2 Å². The number of nitrogens with zero attached hydrogens (tertiary/aromatic N) is 2. The van der Waals surface area contributed by atoms with Gasteiger partial charge in [-0.15, -0.1) is 0 Å². The summed E-state index contributed by atoms with van der Waals surface area (Å²) in [5.41, 5.74) is 2.76. The molecule has 0 bridgehead atoms. The molecule has 3 aromatic carbocycles. The summed E-state index contributed by atoms with van der Waals surface area (Å²) in [6.07, 6.45) is 3.01. The molecule has 1 heterocycles. The van der Waals surface area contributed by atoms with Crippen LogP contribution in [0.4, 0.5) is 10.5 Å². The quantitative estimate of drug-likeness (QED) is 0.203. The number of fused-ring (bicyclic) bond motifs is 1. The summed E-state index contributed by atoms with van der Waals surface area (Å²) in [6.45, 7) is 12.3. The molecule has 1 aliphatic heterocycles. The number of halogens is 1. The van der Waals surface area contributed by atoms with Crippen LogP contribution in [0.1, 0.15) is 70.6 Å². The van der Waals surface area contributed by atoms with Crippen molar-refractivity contribution < 1.29 is 18.7 Å². The third-order valence-corrected chi connectivity index (χ3v) is 10.8. The van der Waals surface area contributed by atoms with Gasteiger partial charge in [0.2, 0.25) is 0 Å². The number of urea groups is 1. The Balaban J connectivity index is 1.74. The number of carbonyl (C=O) groups excluding carboxylic acids is 1. The van der Waals surface area contributed by atoms with Gasteiger partial charge in [0.05, 0.1) is 32.1 Å². The van der Waals surface area contributed by atoms with Crippen LogP contribution in [0.5, 0.6) is 11.5 Å². The fraction of sp³-hybridized carbons (Fsp3) is 0.472. The maximum Gasteiger partial charge on any atom is 0.325 e. The van der Waals surface area contributed by atoms with Crippen molar-refractivity contribution in [2.24, 2.45) is 17.3 Å². The molecule has 0 spiro atoms. The van der Waals surface area contributed by atoms with E-state index in [-0.39, 0.29) is 23.3 Å². The van der Waals surface area contributed by atoms with E-state index in [1.807, 2.05) is 53.4 Å². The zero-order chi connectivity index (χ0) is 31.9.